The Labute approximate surface area is 115 Å². The number of halogens is 2. The molecule has 0 aliphatic carbocycles. The molecule has 0 bridgehead atoms. The summed E-state index contributed by atoms with van der Waals surface area (Å²) in [5.41, 5.74) is 6.11. The molecule has 0 atom stereocenters. The number of nitrogens with zero attached hydrogens (tertiary/aromatic N) is 2. The fraction of sp³-hybridized carbons (Fsp3) is 0.286. The second kappa shape index (κ2) is 5.92. The van der Waals surface area contributed by atoms with Crippen LogP contribution in [0.2, 0.25) is 0 Å². The maximum atomic E-state index is 13.1. The minimum absolute atomic E-state index is 0.0399. The Hall–Kier alpha value is -2.08. The van der Waals surface area contributed by atoms with Gasteiger partial charge in [-0.15, -0.1) is 0 Å². The minimum Gasteiger partial charge on any atom is -0.454 e. The van der Waals surface area contributed by atoms with Gasteiger partial charge in [-0.05, 0) is 0 Å². The molecule has 4 nitrogen and oxygen atoms in total. The largest absolute Gasteiger partial charge is 0.454 e. The van der Waals surface area contributed by atoms with Gasteiger partial charge in [-0.25, -0.2) is 18.7 Å². The van der Waals surface area contributed by atoms with Gasteiger partial charge in [-0.2, -0.15) is 0 Å². The maximum Gasteiger partial charge on any atom is 0.168 e. The first-order valence-corrected chi connectivity index (χ1v) is 6.19. The summed E-state index contributed by atoms with van der Waals surface area (Å²) in [6.07, 6.45) is 1.47. The SMILES string of the molecule is CC(C)c1ncc(Oc2cc(F)cc(F)c2)c(CN)n1. The molecule has 20 heavy (non-hydrogen) atoms. The van der Waals surface area contributed by atoms with E-state index < -0.39 is 11.6 Å². The second-order valence-electron chi connectivity index (χ2n) is 4.61. The van der Waals surface area contributed by atoms with Gasteiger partial charge in [0.25, 0.3) is 0 Å². The van der Waals surface area contributed by atoms with E-state index in [0.717, 1.165) is 18.2 Å². The first kappa shape index (κ1) is 14.3. The van der Waals surface area contributed by atoms with Crippen LogP contribution < -0.4 is 10.5 Å². The van der Waals surface area contributed by atoms with Crippen molar-refractivity contribution in [2.75, 3.05) is 0 Å². The maximum absolute atomic E-state index is 13.1. The van der Waals surface area contributed by atoms with E-state index in [9.17, 15) is 8.78 Å². The Balaban J connectivity index is 2.33. The molecule has 2 aromatic rings. The zero-order chi connectivity index (χ0) is 14.7. The highest BCUT2D eigenvalue weighted by atomic mass is 19.1. The molecule has 0 aliphatic rings. The van der Waals surface area contributed by atoms with Crippen molar-refractivity contribution in [3.05, 3.63) is 47.5 Å². The second-order valence-corrected chi connectivity index (χ2v) is 4.61. The highest BCUT2D eigenvalue weighted by molar-refractivity contribution is 5.33. The topological polar surface area (TPSA) is 61.0 Å². The molecule has 0 spiro atoms. The van der Waals surface area contributed by atoms with Crippen molar-refractivity contribution in [3.8, 4) is 11.5 Å². The van der Waals surface area contributed by atoms with Crippen LogP contribution in [-0.2, 0) is 6.54 Å². The average Bonchev–Trinajstić information content (AvgIpc) is 2.37. The van der Waals surface area contributed by atoms with Crippen molar-refractivity contribution in [1.29, 1.82) is 0 Å². The smallest absolute Gasteiger partial charge is 0.168 e. The summed E-state index contributed by atoms with van der Waals surface area (Å²) in [5.74, 6) is -0.299. The third kappa shape index (κ3) is 3.27. The third-order valence-corrected chi connectivity index (χ3v) is 2.62. The molecule has 1 aromatic heterocycles. The molecular weight excluding hydrogens is 264 g/mol. The van der Waals surface area contributed by atoms with Gasteiger partial charge >= 0.3 is 0 Å². The van der Waals surface area contributed by atoms with Crippen LogP contribution in [0.3, 0.4) is 0 Å². The summed E-state index contributed by atoms with van der Waals surface area (Å²) in [4.78, 5) is 8.43. The number of hydrogen-bond donors (Lipinski definition) is 1. The molecular formula is C14H15F2N3O. The van der Waals surface area contributed by atoms with Crippen LogP contribution in [0.25, 0.3) is 0 Å². The van der Waals surface area contributed by atoms with Crippen LogP contribution in [0.4, 0.5) is 8.78 Å². The van der Waals surface area contributed by atoms with Gasteiger partial charge in [0.1, 0.15) is 28.9 Å². The molecule has 2 N–H and O–H groups in total. The lowest BCUT2D eigenvalue weighted by atomic mass is 10.2. The highest BCUT2D eigenvalue weighted by Crippen LogP contribution is 2.26. The van der Waals surface area contributed by atoms with E-state index in [1.54, 1.807) is 0 Å². The molecule has 0 saturated heterocycles. The van der Waals surface area contributed by atoms with E-state index in [2.05, 4.69) is 9.97 Å². The normalized spacial score (nSPS) is 10.9. The minimum atomic E-state index is -0.714. The standard InChI is InChI=1S/C14H15F2N3O/c1-8(2)14-18-7-13(12(6-17)19-14)20-11-4-9(15)3-10(16)5-11/h3-5,7-8H,6,17H2,1-2H3. The zero-order valence-electron chi connectivity index (χ0n) is 11.2. The van der Waals surface area contributed by atoms with Crippen LogP contribution >= 0.6 is 0 Å². The summed E-state index contributed by atoms with van der Waals surface area (Å²) in [6, 6.07) is 2.94. The van der Waals surface area contributed by atoms with Crippen LogP contribution in [0.15, 0.2) is 24.4 Å². The summed E-state index contributed by atoms with van der Waals surface area (Å²) in [5, 5.41) is 0. The quantitative estimate of drug-likeness (QED) is 0.934. The number of aromatic nitrogens is 2. The molecule has 0 unspecified atom stereocenters. The van der Waals surface area contributed by atoms with Crippen molar-refractivity contribution in [2.24, 2.45) is 5.73 Å². The fourth-order valence-electron chi connectivity index (χ4n) is 1.65. The molecule has 0 saturated carbocycles. The average molecular weight is 279 g/mol. The van der Waals surface area contributed by atoms with Crippen molar-refractivity contribution < 1.29 is 13.5 Å². The molecule has 2 rings (SSSR count). The summed E-state index contributed by atoms with van der Waals surface area (Å²) >= 11 is 0. The van der Waals surface area contributed by atoms with Gasteiger partial charge in [0.05, 0.1) is 6.20 Å². The lowest BCUT2D eigenvalue weighted by Crippen LogP contribution is -2.07. The Morgan fingerprint density at radius 3 is 2.40 bits per heavy atom. The van der Waals surface area contributed by atoms with E-state index in [-0.39, 0.29) is 18.2 Å². The number of rotatable bonds is 4. The number of benzene rings is 1. The molecule has 106 valence electrons. The molecule has 0 aliphatic heterocycles. The Kier molecular flexibility index (Phi) is 4.24. The summed E-state index contributed by atoms with van der Waals surface area (Å²) in [7, 11) is 0. The number of nitrogens with two attached hydrogens (primary N) is 1. The predicted molar refractivity (Wildman–Crippen MR) is 70.4 cm³/mol. The Bertz CT molecular complexity index is 597. The molecule has 1 heterocycles. The van der Waals surface area contributed by atoms with Gasteiger partial charge in [0.15, 0.2) is 5.75 Å². The van der Waals surface area contributed by atoms with E-state index in [1.165, 1.54) is 6.20 Å². The lowest BCUT2D eigenvalue weighted by Gasteiger charge is -2.11. The van der Waals surface area contributed by atoms with Crippen LogP contribution in [0.5, 0.6) is 11.5 Å². The van der Waals surface area contributed by atoms with Crippen LogP contribution in [0, 0.1) is 11.6 Å². The first-order valence-electron chi connectivity index (χ1n) is 6.19. The highest BCUT2D eigenvalue weighted by Gasteiger charge is 2.11. The third-order valence-electron chi connectivity index (χ3n) is 2.62. The van der Waals surface area contributed by atoms with Crippen LogP contribution in [-0.4, -0.2) is 9.97 Å². The number of ether oxygens (including phenoxy) is 1. The van der Waals surface area contributed by atoms with E-state index in [0.29, 0.717) is 17.3 Å². The molecule has 1 aromatic carbocycles. The Morgan fingerprint density at radius 1 is 1.20 bits per heavy atom. The van der Waals surface area contributed by atoms with Crippen molar-refractivity contribution in [2.45, 2.75) is 26.3 Å². The van der Waals surface area contributed by atoms with Crippen molar-refractivity contribution >= 4 is 0 Å². The van der Waals surface area contributed by atoms with Gasteiger partial charge < -0.3 is 10.5 Å². The van der Waals surface area contributed by atoms with Gasteiger partial charge in [0.2, 0.25) is 0 Å². The van der Waals surface area contributed by atoms with E-state index in [4.69, 9.17) is 10.5 Å². The Morgan fingerprint density at radius 2 is 1.85 bits per heavy atom. The summed E-state index contributed by atoms with van der Waals surface area (Å²) < 4.78 is 31.6. The molecule has 0 fully saturated rings. The molecule has 6 heteroatoms. The zero-order valence-corrected chi connectivity index (χ0v) is 11.2. The first-order chi connectivity index (χ1) is 9.49. The van der Waals surface area contributed by atoms with Gasteiger partial charge in [-0.1, -0.05) is 13.8 Å². The van der Waals surface area contributed by atoms with Crippen LogP contribution in [0.1, 0.15) is 31.3 Å². The molecule has 0 amide bonds. The van der Waals surface area contributed by atoms with Gasteiger partial charge in [-0.3, -0.25) is 0 Å². The monoisotopic (exact) mass is 279 g/mol. The number of hydrogen-bond acceptors (Lipinski definition) is 4. The predicted octanol–water partition coefficient (Wildman–Crippen LogP) is 3.13. The van der Waals surface area contributed by atoms with Crippen molar-refractivity contribution in [3.63, 3.8) is 0 Å². The van der Waals surface area contributed by atoms with E-state index >= 15 is 0 Å². The molecule has 0 radical (unpaired) electrons. The fourth-order valence-corrected chi connectivity index (χ4v) is 1.65. The summed E-state index contributed by atoms with van der Waals surface area (Å²) in [6.45, 7) is 4.06. The lowest BCUT2D eigenvalue weighted by molar-refractivity contribution is 0.455. The van der Waals surface area contributed by atoms with Gasteiger partial charge in [0, 0.05) is 30.7 Å². The van der Waals surface area contributed by atoms with Crippen molar-refractivity contribution in [1.82, 2.24) is 9.97 Å². The van der Waals surface area contributed by atoms with E-state index in [1.807, 2.05) is 13.8 Å².